The van der Waals surface area contributed by atoms with Gasteiger partial charge in [-0.1, -0.05) is 30.3 Å². The summed E-state index contributed by atoms with van der Waals surface area (Å²) in [4.78, 5) is 12.4. The predicted molar refractivity (Wildman–Crippen MR) is 101 cm³/mol. The van der Waals surface area contributed by atoms with E-state index in [-0.39, 0.29) is 5.69 Å². The van der Waals surface area contributed by atoms with E-state index in [1.54, 1.807) is 0 Å². The van der Waals surface area contributed by atoms with Gasteiger partial charge in [-0.2, -0.15) is 0 Å². The Morgan fingerprint density at radius 2 is 1.78 bits per heavy atom. The second-order valence-corrected chi connectivity index (χ2v) is 8.07. The van der Waals surface area contributed by atoms with Gasteiger partial charge in [0, 0.05) is 12.6 Å². The summed E-state index contributed by atoms with van der Waals surface area (Å²) >= 11 is 0. The topological polar surface area (TPSA) is 66.5 Å². The summed E-state index contributed by atoms with van der Waals surface area (Å²) in [7, 11) is -3.88. The van der Waals surface area contributed by atoms with Crippen molar-refractivity contribution in [3.63, 3.8) is 0 Å². The molecule has 1 unspecified atom stereocenters. The molecule has 0 aromatic heterocycles. The van der Waals surface area contributed by atoms with Crippen LogP contribution in [0.5, 0.6) is 0 Å². The summed E-state index contributed by atoms with van der Waals surface area (Å²) in [6.07, 6.45) is 2.37. The molecule has 1 atom stereocenters. The lowest BCUT2D eigenvalue weighted by Gasteiger charge is -2.28. The zero-order chi connectivity index (χ0) is 20.0. The van der Waals surface area contributed by atoms with Crippen molar-refractivity contribution in [1.29, 1.82) is 0 Å². The van der Waals surface area contributed by atoms with E-state index < -0.39 is 33.6 Å². The molecule has 8 heteroatoms. The zero-order valence-corrected chi connectivity index (χ0v) is 16.0. The number of sulfonamides is 1. The monoisotopic (exact) mass is 396 g/mol. The molecule has 0 aliphatic heterocycles. The molecule has 1 amide bonds. The molecule has 27 heavy (non-hydrogen) atoms. The smallest absolute Gasteiger partial charge is 0.243 e. The third-order valence-corrected chi connectivity index (χ3v) is 5.27. The molecule has 2 rings (SSSR count). The maximum Gasteiger partial charge on any atom is 0.243 e. The fourth-order valence-electron chi connectivity index (χ4n) is 2.73. The van der Waals surface area contributed by atoms with Crippen molar-refractivity contribution in [3.8, 4) is 0 Å². The van der Waals surface area contributed by atoms with Gasteiger partial charge in [-0.25, -0.2) is 17.2 Å². The lowest BCUT2D eigenvalue weighted by Crippen LogP contribution is -2.48. The maximum absolute atomic E-state index is 13.5. The molecule has 146 valence electrons. The number of halogens is 2. The number of hydrogen-bond donors (Lipinski definition) is 1. The molecular weight excluding hydrogens is 374 g/mol. The molecule has 0 heterocycles. The van der Waals surface area contributed by atoms with Crippen LogP contribution in [-0.2, 0) is 21.2 Å². The molecule has 5 nitrogen and oxygen atoms in total. The quantitative estimate of drug-likeness (QED) is 0.698. The van der Waals surface area contributed by atoms with E-state index in [9.17, 15) is 22.0 Å². The van der Waals surface area contributed by atoms with Gasteiger partial charge in [0.25, 0.3) is 0 Å². The minimum atomic E-state index is -3.88. The molecule has 0 aliphatic carbocycles. The Kier molecular flexibility index (Phi) is 6.90. The second-order valence-electron chi connectivity index (χ2n) is 6.21. The third kappa shape index (κ3) is 5.75. The number of aryl methyl sites for hydroxylation is 1. The SMILES string of the molecule is CC(C(=O)NCCCc1ccccc1)N(c1ccc(F)c(F)c1)S(C)(=O)=O. The largest absolute Gasteiger partial charge is 0.354 e. The minimum absolute atomic E-state index is 0.108. The van der Waals surface area contributed by atoms with Crippen LogP contribution in [0.15, 0.2) is 48.5 Å². The van der Waals surface area contributed by atoms with Gasteiger partial charge in [-0.05, 0) is 37.5 Å². The molecule has 0 fully saturated rings. The van der Waals surface area contributed by atoms with Crippen molar-refractivity contribution in [2.24, 2.45) is 0 Å². The Bertz CT molecular complexity index is 889. The predicted octanol–water partition coefficient (Wildman–Crippen LogP) is 2.87. The van der Waals surface area contributed by atoms with Gasteiger partial charge in [0.1, 0.15) is 6.04 Å². The van der Waals surface area contributed by atoms with E-state index in [0.29, 0.717) is 13.0 Å². The summed E-state index contributed by atoms with van der Waals surface area (Å²) in [6, 6.07) is 11.4. The Morgan fingerprint density at radius 1 is 1.11 bits per heavy atom. The van der Waals surface area contributed by atoms with Crippen molar-refractivity contribution < 1.29 is 22.0 Å². The lowest BCUT2D eigenvalue weighted by atomic mass is 10.1. The number of carbonyl (C=O) groups excluding carboxylic acids is 1. The Morgan fingerprint density at radius 3 is 2.37 bits per heavy atom. The van der Waals surface area contributed by atoms with Crippen molar-refractivity contribution in [3.05, 3.63) is 65.7 Å². The Labute approximate surface area is 158 Å². The first-order valence-corrected chi connectivity index (χ1v) is 10.3. The number of nitrogens with zero attached hydrogens (tertiary/aromatic N) is 1. The molecule has 2 aromatic rings. The van der Waals surface area contributed by atoms with Crippen LogP contribution in [-0.4, -0.2) is 33.2 Å². The van der Waals surface area contributed by atoms with Crippen LogP contribution in [0.25, 0.3) is 0 Å². The van der Waals surface area contributed by atoms with Gasteiger partial charge in [0.05, 0.1) is 11.9 Å². The van der Waals surface area contributed by atoms with Crippen molar-refractivity contribution in [2.45, 2.75) is 25.8 Å². The third-order valence-electron chi connectivity index (χ3n) is 4.03. The maximum atomic E-state index is 13.5. The van der Waals surface area contributed by atoms with Crippen molar-refractivity contribution in [1.82, 2.24) is 5.32 Å². The van der Waals surface area contributed by atoms with Crippen LogP contribution in [0.1, 0.15) is 18.9 Å². The highest BCUT2D eigenvalue weighted by Gasteiger charge is 2.29. The van der Waals surface area contributed by atoms with E-state index in [4.69, 9.17) is 0 Å². The number of hydrogen-bond acceptors (Lipinski definition) is 3. The van der Waals surface area contributed by atoms with Crippen LogP contribution < -0.4 is 9.62 Å². The first-order chi connectivity index (χ1) is 12.7. The number of anilines is 1. The summed E-state index contributed by atoms with van der Waals surface area (Å²) in [6.45, 7) is 1.77. The second kappa shape index (κ2) is 8.94. The van der Waals surface area contributed by atoms with Crippen LogP contribution in [0.4, 0.5) is 14.5 Å². The molecule has 1 N–H and O–H groups in total. The van der Waals surface area contributed by atoms with Gasteiger partial charge < -0.3 is 5.32 Å². The van der Waals surface area contributed by atoms with E-state index in [1.165, 1.54) is 6.92 Å². The van der Waals surface area contributed by atoms with Crippen LogP contribution in [0, 0.1) is 11.6 Å². The van der Waals surface area contributed by atoms with Crippen molar-refractivity contribution >= 4 is 21.6 Å². The molecule has 0 saturated carbocycles. The average molecular weight is 396 g/mol. The fourth-order valence-corrected chi connectivity index (χ4v) is 3.89. The number of benzene rings is 2. The summed E-state index contributed by atoms with van der Waals surface area (Å²) in [5.74, 6) is -2.79. The number of nitrogens with one attached hydrogen (secondary N) is 1. The fraction of sp³-hybridized carbons (Fsp3) is 0.316. The summed E-state index contributed by atoms with van der Waals surface area (Å²) < 4.78 is 51.7. The highest BCUT2D eigenvalue weighted by atomic mass is 32.2. The molecule has 2 aromatic carbocycles. The van der Waals surface area contributed by atoms with Gasteiger partial charge in [0.2, 0.25) is 15.9 Å². The molecule has 0 spiro atoms. The van der Waals surface area contributed by atoms with E-state index in [2.05, 4.69) is 5.32 Å². The molecule has 0 aliphatic rings. The Balaban J connectivity index is 2.03. The first kappa shape index (κ1) is 20.8. The normalized spacial score (nSPS) is 12.4. The van der Waals surface area contributed by atoms with Crippen LogP contribution in [0.2, 0.25) is 0 Å². The van der Waals surface area contributed by atoms with Crippen LogP contribution in [0.3, 0.4) is 0 Å². The van der Waals surface area contributed by atoms with Crippen LogP contribution >= 0.6 is 0 Å². The van der Waals surface area contributed by atoms with E-state index in [1.807, 2.05) is 30.3 Å². The number of carbonyl (C=O) groups is 1. The van der Waals surface area contributed by atoms with E-state index in [0.717, 1.165) is 40.7 Å². The highest BCUT2D eigenvalue weighted by Crippen LogP contribution is 2.23. The van der Waals surface area contributed by atoms with Gasteiger partial charge in [-0.3, -0.25) is 9.10 Å². The first-order valence-electron chi connectivity index (χ1n) is 8.46. The van der Waals surface area contributed by atoms with Gasteiger partial charge in [0.15, 0.2) is 11.6 Å². The summed E-state index contributed by atoms with van der Waals surface area (Å²) in [5, 5.41) is 2.69. The van der Waals surface area contributed by atoms with E-state index >= 15 is 0 Å². The molecule has 0 bridgehead atoms. The number of rotatable bonds is 8. The molecular formula is C19H22F2N2O3S. The van der Waals surface area contributed by atoms with Crippen molar-refractivity contribution in [2.75, 3.05) is 17.1 Å². The minimum Gasteiger partial charge on any atom is -0.354 e. The van der Waals surface area contributed by atoms with Gasteiger partial charge >= 0.3 is 0 Å². The summed E-state index contributed by atoms with van der Waals surface area (Å²) in [5.41, 5.74) is 1.03. The Hall–Kier alpha value is -2.48. The standard InChI is InChI=1S/C19H22F2N2O3S/c1-14(19(24)22-12-6-9-15-7-4-3-5-8-15)23(27(2,25)26)16-10-11-17(20)18(21)13-16/h3-5,7-8,10-11,13-14H,6,9,12H2,1-2H3,(H,22,24). The average Bonchev–Trinajstić information content (AvgIpc) is 2.61. The lowest BCUT2D eigenvalue weighted by molar-refractivity contribution is -0.121. The number of amides is 1. The van der Waals surface area contributed by atoms with Gasteiger partial charge in [-0.15, -0.1) is 0 Å². The molecule has 0 radical (unpaired) electrons. The molecule has 0 saturated heterocycles. The highest BCUT2D eigenvalue weighted by molar-refractivity contribution is 7.92. The zero-order valence-electron chi connectivity index (χ0n) is 15.2.